The molecule has 0 spiro atoms. The summed E-state index contributed by atoms with van der Waals surface area (Å²) in [5.74, 6) is 4.99. The third-order valence-electron chi connectivity index (χ3n) is 3.82. The maximum atomic E-state index is 11.4. The monoisotopic (exact) mass is 270 g/mol. The first-order chi connectivity index (χ1) is 9.10. The van der Waals surface area contributed by atoms with Crippen LogP contribution in [0.25, 0.3) is 0 Å². The highest BCUT2D eigenvalue weighted by Crippen LogP contribution is 2.21. The van der Waals surface area contributed by atoms with E-state index in [1.165, 1.54) is 0 Å². The molecular weight excluding hydrogens is 248 g/mol. The lowest BCUT2D eigenvalue weighted by Gasteiger charge is -2.35. The molecule has 2 unspecified atom stereocenters. The first kappa shape index (κ1) is 14.2. The van der Waals surface area contributed by atoms with Crippen molar-refractivity contribution in [1.29, 1.82) is 0 Å². The van der Waals surface area contributed by atoms with Gasteiger partial charge in [0.2, 0.25) is 5.91 Å². The number of amides is 2. The van der Waals surface area contributed by atoms with E-state index in [2.05, 4.69) is 10.3 Å². The number of rotatable bonds is 3. The molecule has 2 atom stereocenters. The molecule has 2 aliphatic heterocycles. The summed E-state index contributed by atoms with van der Waals surface area (Å²) in [5, 5.41) is 0. The molecule has 0 aromatic rings. The van der Waals surface area contributed by atoms with Crippen LogP contribution >= 0.6 is 0 Å². The van der Waals surface area contributed by atoms with Gasteiger partial charge in [-0.25, -0.2) is 5.84 Å². The molecule has 0 bridgehead atoms. The lowest BCUT2D eigenvalue weighted by atomic mass is 10.1. The minimum Gasteiger partial charge on any atom is -0.364 e. The summed E-state index contributed by atoms with van der Waals surface area (Å²) in [4.78, 5) is 26.7. The van der Waals surface area contributed by atoms with E-state index in [0.29, 0.717) is 0 Å². The summed E-state index contributed by atoms with van der Waals surface area (Å²) in [7, 11) is 0. The van der Waals surface area contributed by atoms with Gasteiger partial charge in [-0.3, -0.25) is 19.9 Å². The fraction of sp³-hybridized carbons (Fsp3) is 0.833. The van der Waals surface area contributed by atoms with E-state index >= 15 is 0 Å². The molecular formula is C12H22N4O3. The molecule has 0 aliphatic carbocycles. The van der Waals surface area contributed by atoms with Gasteiger partial charge in [0, 0.05) is 39.6 Å². The van der Waals surface area contributed by atoms with Gasteiger partial charge in [0.15, 0.2) is 0 Å². The Morgan fingerprint density at radius 1 is 1.26 bits per heavy atom. The van der Waals surface area contributed by atoms with Crippen LogP contribution in [0, 0.1) is 0 Å². The Bertz CT molecular complexity index is 342. The van der Waals surface area contributed by atoms with Crippen LogP contribution in [-0.4, -0.2) is 66.5 Å². The summed E-state index contributed by atoms with van der Waals surface area (Å²) in [6.45, 7) is 5.70. The molecule has 2 aliphatic rings. The molecule has 2 saturated heterocycles. The average Bonchev–Trinajstić information content (AvgIpc) is 2.87. The molecule has 2 heterocycles. The van der Waals surface area contributed by atoms with E-state index in [0.717, 1.165) is 45.6 Å². The second-order valence-corrected chi connectivity index (χ2v) is 5.14. The van der Waals surface area contributed by atoms with Crippen molar-refractivity contribution < 1.29 is 14.3 Å². The number of nitrogens with two attached hydrogens (primary N) is 1. The second kappa shape index (κ2) is 6.31. The first-order valence-corrected chi connectivity index (χ1v) is 6.74. The summed E-state index contributed by atoms with van der Waals surface area (Å²) < 4.78 is 5.68. The number of carbonyl (C=O) groups is 2. The predicted octanol–water partition coefficient (Wildman–Crippen LogP) is -1.31. The van der Waals surface area contributed by atoms with E-state index in [1.54, 1.807) is 6.92 Å². The molecule has 7 heteroatoms. The van der Waals surface area contributed by atoms with Crippen LogP contribution in [0.4, 0.5) is 0 Å². The quantitative estimate of drug-likeness (QED) is 0.377. The number of hydrogen-bond donors (Lipinski definition) is 2. The fourth-order valence-corrected chi connectivity index (χ4v) is 2.66. The molecule has 19 heavy (non-hydrogen) atoms. The van der Waals surface area contributed by atoms with Crippen LogP contribution in [0.3, 0.4) is 0 Å². The number of nitrogens with one attached hydrogen (secondary N) is 1. The summed E-state index contributed by atoms with van der Waals surface area (Å²) >= 11 is 0. The number of hydrogen-bond acceptors (Lipinski definition) is 5. The van der Waals surface area contributed by atoms with Crippen LogP contribution < -0.4 is 11.3 Å². The highest BCUT2D eigenvalue weighted by Gasteiger charge is 2.32. The first-order valence-electron chi connectivity index (χ1n) is 6.74. The van der Waals surface area contributed by atoms with Gasteiger partial charge in [0.1, 0.15) is 6.10 Å². The molecule has 3 N–H and O–H groups in total. The number of carbonyl (C=O) groups excluding carboxylic acids is 2. The molecule has 0 aromatic heterocycles. The standard InChI is InChI=1S/C12H22N4O3/c1-9(17)16-6-4-15(5-7-16)8-10-2-3-11(19-10)12(18)14-13/h10-11H,2-8,13H2,1H3,(H,14,18). The molecule has 0 saturated carbocycles. The van der Waals surface area contributed by atoms with Crippen molar-refractivity contribution in [1.82, 2.24) is 15.2 Å². The van der Waals surface area contributed by atoms with E-state index < -0.39 is 6.10 Å². The number of ether oxygens (including phenoxy) is 1. The normalized spacial score (nSPS) is 28.4. The molecule has 2 fully saturated rings. The van der Waals surface area contributed by atoms with Gasteiger partial charge < -0.3 is 9.64 Å². The van der Waals surface area contributed by atoms with Crippen LogP contribution in [-0.2, 0) is 14.3 Å². The zero-order valence-corrected chi connectivity index (χ0v) is 11.3. The van der Waals surface area contributed by atoms with Crippen LogP contribution in [0.1, 0.15) is 19.8 Å². The highest BCUT2D eigenvalue weighted by atomic mass is 16.5. The van der Waals surface area contributed by atoms with E-state index in [9.17, 15) is 9.59 Å². The van der Waals surface area contributed by atoms with Gasteiger partial charge in [-0.2, -0.15) is 0 Å². The average molecular weight is 270 g/mol. The number of nitrogens with zero attached hydrogens (tertiary/aromatic N) is 2. The third kappa shape index (κ3) is 3.65. The minimum absolute atomic E-state index is 0.0891. The maximum absolute atomic E-state index is 11.4. The zero-order valence-electron chi connectivity index (χ0n) is 11.3. The van der Waals surface area contributed by atoms with Crippen LogP contribution in [0.5, 0.6) is 0 Å². The predicted molar refractivity (Wildman–Crippen MR) is 68.9 cm³/mol. The minimum atomic E-state index is -0.409. The lowest BCUT2D eigenvalue weighted by molar-refractivity contribution is -0.134. The maximum Gasteiger partial charge on any atom is 0.263 e. The third-order valence-corrected chi connectivity index (χ3v) is 3.82. The lowest BCUT2D eigenvalue weighted by Crippen LogP contribution is -2.50. The van der Waals surface area contributed by atoms with Crippen molar-refractivity contribution in [2.24, 2.45) is 5.84 Å². The largest absolute Gasteiger partial charge is 0.364 e. The summed E-state index contributed by atoms with van der Waals surface area (Å²) in [6, 6.07) is 0. The molecule has 0 aromatic carbocycles. The number of piperazine rings is 1. The Kier molecular flexibility index (Phi) is 4.73. The smallest absolute Gasteiger partial charge is 0.263 e. The van der Waals surface area contributed by atoms with Crippen LogP contribution in [0.15, 0.2) is 0 Å². The van der Waals surface area contributed by atoms with Crippen molar-refractivity contribution >= 4 is 11.8 Å². The molecule has 7 nitrogen and oxygen atoms in total. The van der Waals surface area contributed by atoms with Gasteiger partial charge >= 0.3 is 0 Å². The molecule has 0 radical (unpaired) electrons. The Morgan fingerprint density at radius 3 is 2.53 bits per heavy atom. The summed E-state index contributed by atoms with van der Waals surface area (Å²) in [6.07, 6.45) is 1.28. The molecule has 108 valence electrons. The topological polar surface area (TPSA) is 87.9 Å². The Hall–Kier alpha value is -1.18. The summed E-state index contributed by atoms with van der Waals surface area (Å²) in [5.41, 5.74) is 2.13. The van der Waals surface area contributed by atoms with Crippen LogP contribution in [0.2, 0.25) is 0 Å². The molecule has 2 rings (SSSR count). The number of hydrazine groups is 1. The SMILES string of the molecule is CC(=O)N1CCN(CC2CCC(C(=O)NN)O2)CC1. The second-order valence-electron chi connectivity index (χ2n) is 5.14. The van der Waals surface area contributed by atoms with Crippen molar-refractivity contribution in [3.05, 3.63) is 0 Å². The van der Waals surface area contributed by atoms with E-state index in [-0.39, 0.29) is 17.9 Å². The van der Waals surface area contributed by atoms with Gasteiger partial charge in [-0.1, -0.05) is 0 Å². The van der Waals surface area contributed by atoms with Gasteiger partial charge in [0.05, 0.1) is 6.10 Å². The van der Waals surface area contributed by atoms with Crippen molar-refractivity contribution in [3.63, 3.8) is 0 Å². The van der Waals surface area contributed by atoms with Gasteiger partial charge in [-0.05, 0) is 12.8 Å². The Labute approximate surface area is 113 Å². The fourth-order valence-electron chi connectivity index (χ4n) is 2.66. The van der Waals surface area contributed by atoms with Crippen molar-refractivity contribution in [3.8, 4) is 0 Å². The Morgan fingerprint density at radius 2 is 1.95 bits per heavy atom. The van der Waals surface area contributed by atoms with E-state index in [1.807, 2.05) is 4.90 Å². The van der Waals surface area contributed by atoms with Gasteiger partial charge in [-0.15, -0.1) is 0 Å². The zero-order chi connectivity index (χ0) is 13.8. The molecule has 2 amide bonds. The Balaban J connectivity index is 1.72. The van der Waals surface area contributed by atoms with Gasteiger partial charge in [0.25, 0.3) is 5.91 Å². The van der Waals surface area contributed by atoms with E-state index in [4.69, 9.17) is 10.6 Å². The highest BCUT2D eigenvalue weighted by molar-refractivity contribution is 5.80. The van der Waals surface area contributed by atoms with Crippen molar-refractivity contribution in [2.75, 3.05) is 32.7 Å². The van der Waals surface area contributed by atoms with Crippen molar-refractivity contribution in [2.45, 2.75) is 32.0 Å².